The lowest BCUT2D eigenvalue weighted by Gasteiger charge is -2.17. The predicted octanol–water partition coefficient (Wildman–Crippen LogP) is 3.80. The Morgan fingerprint density at radius 1 is 1.17 bits per heavy atom. The van der Waals surface area contributed by atoms with Crippen LogP contribution in [0.25, 0.3) is 11.3 Å². The number of aromatic nitrogens is 3. The van der Waals surface area contributed by atoms with Crippen LogP contribution in [0.4, 0.5) is 0 Å². The maximum absolute atomic E-state index is 6.09. The van der Waals surface area contributed by atoms with E-state index in [1.54, 1.807) is 12.3 Å². The molecule has 2 rings (SSSR count). The topological polar surface area (TPSA) is 38.7 Å². The molecule has 2 heterocycles. The molecule has 0 amide bonds. The summed E-state index contributed by atoms with van der Waals surface area (Å²) >= 11 is 6.09. The molecule has 0 aliphatic rings. The van der Waals surface area contributed by atoms with Crippen molar-refractivity contribution in [2.24, 2.45) is 0 Å². The number of hydrogen-bond acceptors (Lipinski definition) is 3. The normalized spacial score (nSPS) is 11.6. The van der Waals surface area contributed by atoms with Gasteiger partial charge in [-0.1, -0.05) is 32.4 Å². The molecule has 18 heavy (non-hydrogen) atoms. The van der Waals surface area contributed by atoms with E-state index in [0.717, 1.165) is 22.6 Å². The molecule has 0 fully saturated rings. The standard InChI is InChI=1S/C14H16ClN3/c1-9-8-16-6-5-10(9)11-7-12(15)18-13(17-11)14(2,3)4/h5-8H,1-4H3. The highest BCUT2D eigenvalue weighted by atomic mass is 35.5. The molecule has 0 spiro atoms. The van der Waals surface area contributed by atoms with E-state index in [9.17, 15) is 0 Å². The highest BCUT2D eigenvalue weighted by Crippen LogP contribution is 2.26. The van der Waals surface area contributed by atoms with Crippen LogP contribution >= 0.6 is 11.6 Å². The lowest BCUT2D eigenvalue weighted by molar-refractivity contribution is 0.546. The van der Waals surface area contributed by atoms with Crippen molar-refractivity contribution in [3.63, 3.8) is 0 Å². The van der Waals surface area contributed by atoms with Crippen molar-refractivity contribution in [1.29, 1.82) is 0 Å². The number of halogens is 1. The van der Waals surface area contributed by atoms with Crippen LogP contribution in [0.2, 0.25) is 5.15 Å². The first-order valence-electron chi connectivity index (χ1n) is 5.84. The second-order valence-electron chi connectivity index (χ2n) is 5.34. The second kappa shape index (κ2) is 4.65. The Kier molecular flexibility index (Phi) is 3.35. The Bertz CT molecular complexity index is 573. The molecule has 2 aromatic rings. The third-order valence-electron chi connectivity index (χ3n) is 2.66. The van der Waals surface area contributed by atoms with Crippen molar-refractivity contribution < 1.29 is 0 Å². The van der Waals surface area contributed by atoms with Gasteiger partial charge in [-0.3, -0.25) is 4.98 Å². The van der Waals surface area contributed by atoms with E-state index in [2.05, 4.69) is 35.7 Å². The summed E-state index contributed by atoms with van der Waals surface area (Å²) in [6.07, 6.45) is 3.58. The minimum atomic E-state index is -0.124. The number of aryl methyl sites for hydroxylation is 1. The first-order valence-corrected chi connectivity index (χ1v) is 6.22. The summed E-state index contributed by atoms with van der Waals surface area (Å²) in [6, 6.07) is 3.74. The molecular formula is C14H16ClN3. The van der Waals surface area contributed by atoms with Gasteiger partial charge in [-0.05, 0) is 18.6 Å². The highest BCUT2D eigenvalue weighted by Gasteiger charge is 2.19. The molecule has 0 bridgehead atoms. The molecular weight excluding hydrogens is 246 g/mol. The zero-order valence-corrected chi connectivity index (χ0v) is 11.8. The Morgan fingerprint density at radius 3 is 2.50 bits per heavy atom. The fourth-order valence-electron chi connectivity index (χ4n) is 1.65. The second-order valence-corrected chi connectivity index (χ2v) is 5.73. The fourth-order valence-corrected chi connectivity index (χ4v) is 1.84. The van der Waals surface area contributed by atoms with Gasteiger partial charge < -0.3 is 0 Å². The molecule has 4 heteroatoms. The Labute approximate surface area is 112 Å². The molecule has 0 saturated heterocycles. The molecule has 0 N–H and O–H groups in total. The highest BCUT2D eigenvalue weighted by molar-refractivity contribution is 6.29. The van der Waals surface area contributed by atoms with E-state index in [0.29, 0.717) is 5.15 Å². The van der Waals surface area contributed by atoms with Gasteiger partial charge in [-0.15, -0.1) is 0 Å². The molecule has 0 aliphatic heterocycles. The average Bonchev–Trinajstić information content (AvgIpc) is 2.27. The third-order valence-corrected chi connectivity index (χ3v) is 2.86. The Balaban J connectivity index is 2.60. The minimum Gasteiger partial charge on any atom is -0.264 e. The van der Waals surface area contributed by atoms with E-state index < -0.39 is 0 Å². The first-order chi connectivity index (χ1) is 8.38. The van der Waals surface area contributed by atoms with Gasteiger partial charge in [0, 0.05) is 29.4 Å². The molecule has 0 atom stereocenters. The van der Waals surface area contributed by atoms with Gasteiger partial charge >= 0.3 is 0 Å². The van der Waals surface area contributed by atoms with Crippen molar-refractivity contribution in [3.8, 4) is 11.3 Å². The van der Waals surface area contributed by atoms with Crippen molar-refractivity contribution >= 4 is 11.6 Å². The maximum Gasteiger partial charge on any atom is 0.136 e. The van der Waals surface area contributed by atoms with Crippen LogP contribution in [-0.4, -0.2) is 15.0 Å². The van der Waals surface area contributed by atoms with E-state index in [1.807, 2.05) is 19.2 Å². The monoisotopic (exact) mass is 261 g/mol. The summed E-state index contributed by atoms with van der Waals surface area (Å²) in [7, 11) is 0. The third kappa shape index (κ3) is 2.67. The summed E-state index contributed by atoms with van der Waals surface area (Å²) in [5.74, 6) is 0.751. The van der Waals surface area contributed by atoms with Gasteiger partial charge in [0.1, 0.15) is 11.0 Å². The van der Waals surface area contributed by atoms with Gasteiger partial charge in [-0.25, -0.2) is 9.97 Å². The average molecular weight is 262 g/mol. The van der Waals surface area contributed by atoms with E-state index in [1.165, 1.54) is 0 Å². The zero-order chi connectivity index (χ0) is 13.3. The van der Waals surface area contributed by atoms with Gasteiger partial charge in [0.2, 0.25) is 0 Å². The number of pyridine rings is 1. The van der Waals surface area contributed by atoms with Crippen LogP contribution in [0.15, 0.2) is 24.5 Å². The van der Waals surface area contributed by atoms with Crippen molar-refractivity contribution in [2.75, 3.05) is 0 Å². The molecule has 0 aromatic carbocycles. The molecule has 94 valence electrons. The number of rotatable bonds is 1. The molecule has 0 radical (unpaired) electrons. The number of hydrogen-bond donors (Lipinski definition) is 0. The molecule has 0 saturated carbocycles. The van der Waals surface area contributed by atoms with Crippen LogP contribution in [0.3, 0.4) is 0 Å². The van der Waals surface area contributed by atoms with E-state index in [-0.39, 0.29) is 5.41 Å². The lowest BCUT2D eigenvalue weighted by atomic mass is 9.95. The van der Waals surface area contributed by atoms with Crippen LogP contribution in [0.5, 0.6) is 0 Å². The predicted molar refractivity (Wildman–Crippen MR) is 73.7 cm³/mol. The quantitative estimate of drug-likeness (QED) is 0.733. The SMILES string of the molecule is Cc1cnccc1-c1cc(Cl)nc(C(C)(C)C)n1. The molecule has 0 unspecified atom stereocenters. The summed E-state index contributed by atoms with van der Waals surface area (Å²) in [4.78, 5) is 13.0. The first kappa shape index (κ1) is 13.0. The van der Waals surface area contributed by atoms with Crippen molar-refractivity contribution in [2.45, 2.75) is 33.1 Å². The fraction of sp³-hybridized carbons (Fsp3) is 0.357. The Morgan fingerprint density at radius 2 is 1.89 bits per heavy atom. The lowest BCUT2D eigenvalue weighted by Crippen LogP contribution is -2.16. The summed E-state index contributed by atoms with van der Waals surface area (Å²) in [5.41, 5.74) is 2.84. The van der Waals surface area contributed by atoms with Crippen LogP contribution in [0.1, 0.15) is 32.2 Å². The summed E-state index contributed by atoms with van der Waals surface area (Å²) < 4.78 is 0. The molecule has 0 aliphatic carbocycles. The molecule has 2 aromatic heterocycles. The van der Waals surface area contributed by atoms with Crippen molar-refractivity contribution in [1.82, 2.24) is 15.0 Å². The number of nitrogens with zero attached hydrogens (tertiary/aromatic N) is 3. The summed E-state index contributed by atoms with van der Waals surface area (Å²) in [5, 5.41) is 0.473. The van der Waals surface area contributed by atoms with Gasteiger partial charge in [0.25, 0.3) is 0 Å². The van der Waals surface area contributed by atoms with E-state index >= 15 is 0 Å². The van der Waals surface area contributed by atoms with E-state index in [4.69, 9.17) is 11.6 Å². The van der Waals surface area contributed by atoms with Crippen LogP contribution in [-0.2, 0) is 5.41 Å². The minimum absolute atomic E-state index is 0.124. The van der Waals surface area contributed by atoms with Crippen LogP contribution < -0.4 is 0 Å². The van der Waals surface area contributed by atoms with Gasteiger partial charge in [-0.2, -0.15) is 0 Å². The summed E-state index contributed by atoms with van der Waals surface area (Å²) in [6.45, 7) is 8.22. The van der Waals surface area contributed by atoms with Crippen LogP contribution in [0, 0.1) is 6.92 Å². The van der Waals surface area contributed by atoms with Gasteiger partial charge in [0.15, 0.2) is 0 Å². The van der Waals surface area contributed by atoms with Crippen molar-refractivity contribution in [3.05, 3.63) is 41.1 Å². The molecule has 3 nitrogen and oxygen atoms in total. The zero-order valence-electron chi connectivity index (χ0n) is 11.0. The smallest absolute Gasteiger partial charge is 0.136 e. The maximum atomic E-state index is 6.09. The largest absolute Gasteiger partial charge is 0.264 e. The van der Waals surface area contributed by atoms with Gasteiger partial charge in [0.05, 0.1) is 5.69 Å². The Hall–Kier alpha value is -1.48.